The molecule has 59 heavy (non-hydrogen) atoms. The SMILES string of the molecule is C.C.CC(C)(O)c1cn(-c2ccc(-c3cccc(S(C)(=O)=O)c3)cc2)c(-c2c(F)cccc2F)n1.CC(C)(O)c1cn(-c2ccc(Br)cc2)c(-c2c(F)cccc2F)n1. The zero-order chi connectivity index (χ0) is 41.4. The predicted octanol–water partition coefficient (Wildman–Crippen LogP) is 11.2. The molecule has 7 aromatic rings. The molecular formula is C45H45BrF4N4O4S. The number of hydrogen-bond acceptors (Lipinski definition) is 6. The molecule has 5 aromatic carbocycles. The topological polar surface area (TPSA) is 110 Å². The van der Waals surface area contributed by atoms with E-state index in [4.69, 9.17) is 0 Å². The molecule has 0 aliphatic heterocycles. The Bertz CT molecular complexity index is 2640. The van der Waals surface area contributed by atoms with E-state index in [1.54, 1.807) is 99.3 Å². The highest BCUT2D eigenvalue weighted by molar-refractivity contribution is 9.10. The van der Waals surface area contributed by atoms with Crippen LogP contribution in [0, 0.1) is 23.3 Å². The fourth-order valence-electron chi connectivity index (χ4n) is 5.84. The number of aromatic nitrogens is 4. The lowest BCUT2D eigenvalue weighted by Gasteiger charge is -2.13. The van der Waals surface area contributed by atoms with Crippen LogP contribution in [0.1, 0.15) is 53.9 Å². The van der Waals surface area contributed by atoms with Crippen LogP contribution in [-0.2, 0) is 21.0 Å². The van der Waals surface area contributed by atoms with Gasteiger partial charge in [0.25, 0.3) is 0 Å². The molecule has 2 heterocycles. The van der Waals surface area contributed by atoms with E-state index in [1.165, 1.54) is 34.9 Å². The first-order valence-electron chi connectivity index (χ1n) is 17.4. The van der Waals surface area contributed by atoms with Gasteiger partial charge in [-0.1, -0.05) is 67.2 Å². The minimum atomic E-state index is -3.35. The van der Waals surface area contributed by atoms with Gasteiger partial charge in [0.15, 0.2) is 21.5 Å². The van der Waals surface area contributed by atoms with E-state index in [0.717, 1.165) is 28.4 Å². The Kier molecular flexibility index (Phi) is 14.0. The summed E-state index contributed by atoms with van der Waals surface area (Å²) in [5, 5.41) is 20.7. The maximum atomic E-state index is 14.6. The Balaban J connectivity index is 0.000000264. The van der Waals surface area contributed by atoms with Crippen molar-refractivity contribution >= 4 is 25.8 Å². The van der Waals surface area contributed by atoms with Gasteiger partial charge in [-0.15, -0.1) is 0 Å². The molecule has 2 aromatic heterocycles. The van der Waals surface area contributed by atoms with Crippen LogP contribution < -0.4 is 0 Å². The Morgan fingerprint density at radius 2 is 0.949 bits per heavy atom. The van der Waals surface area contributed by atoms with Crippen LogP contribution in [0.4, 0.5) is 17.6 Å². The van der Waals surface area contributed by atoms with Crippen molar-refractivity contribution < 1.29 is 36.2 Å². The monoisotopic (exact) mass is 892 g/mol. The van der Waals surface area contributed by atoms with Crippen LogP contribution in [0.5, 0.6) is 0 Å². The molecule has 310 valence electrons. The van der Waals surface area contributed by atoms with Crippen LogP contribution in [0.3, 0.4) is 0 Å². The first kappa shape index (κ1) is 46.3. The second-order valence-corrected chi connectivity index (χ2v) is 17.2. The molecule has 0 aliphatic carbocycles. The van der Waals surface area contributed by atoms with Crippen LogP contribution in [0.25, 0.3) is 45.3 Å². The van der Waals surface area contributed by atoms with Crippen LogP contribution in [0.15, 0.2) is 131 Å². The zero-order valence-corrected chi connectivity index (χ0v) is 33.7. The molecule has 2 N–H and O–H groups in total. The number of hydrogen-bond donors (Lipinski definition) is 2. The van der Waals surface area contributed by atoms with Gasteiger partial charge in [0.2, 0.25) is 0 Å². The fraction of sp³-hybridized carbons (Fsp3) is 0.200. The normalized spacial score (nSPS) is 11.6. The zero-order valence-electron chi connectivity index (χ0n) is 31.3. The first-order valence-corrected chi connectivity index (χ1v) is 20.1. The predicted molar refractivity (Wildman–Crippen MR) is 228 cm³/mol. The summed E-state index contributed by atoms with van der Waals surface area (Å²) < 4.78 is 85.3. The summed E-state index contributed by atoms with van der Waals surface area (Å²) in [7, 11) is -3.35. The van der Waals surface area contributed by atoms with E-state index in [2.05, 4.69) is 25.9 Å². The number of imidazole rings is 2. The van der Waals surface area contributed by atoms with Crippen molar-refractivity contribution in [3.8, 4) is 45.3 Å². The Labute approximate surface area is 350 Å². The molecule has 0 atom stereocenters. The second-order valence-electron chi connectivity index (χ2n) is 14.3. The second kappa shape index (κ2) is 17.8. The van der Waals surface area contributed by atoms with Gasteiger partial charge in [-0.3, -0.25) is 9.13 Å². The summed E-state index contributed by atoms with van der Waals surface area (Å²) >= 11 is 3.36. The van der Waals surface area contributed by atoms with Crippen LogP contribution in [0.2, 0.25) is 0 Å². The van der Waals surface area contributed by atoms with E-state index in [1.807, 2.05) is 12.1 Å². The minimum absolute atomic E-state index is 0. The smallest absolute Gasteiger partial charge is 0.175 e. The Morgan fingerprint density at radius 3 is 1.32 bits per heavy atom. The van der Waals surface area contributed by atoms with Crippen molar-refractivity contribution in [2.75, 3.05) is 6.26 Å². The molecule has 0 amide bonds. The minimum Gasteiger partial charge on any atom is -0.384 e. The average molecular weight is 894 g/mol. The molecule has 8 nitrogen and oxygen atoms in total. The highest BCUT2D eigenvalue weighted by atomic mass is 79.9. The summed E-state index contributed by atoms with van der Waals surface area (Å²) in [4.78, 5) is 8.84. The average Bonchev–Trinajstić information content (AvgIpc) is 3.79. The van der Waals surface area contributed by atoms with E-state index in [9.17, 15) is 36.2 Å². The number of sulfone groups is 1. The molecule has 0 fully saturated rings. The number of halogens is 5. The van der Waals surface area contributed by atoms with Gasteiger partial charge in [-0.25, -0.2) is 35.9 Å². The van der Waals surface area contributed by atoms with Crippen molar-refractivity contribution in [3.63, 3.8) is 0 Å². The molecule has 0 unspecified atom stereocenters. The van der Waals surface area contributed by atoms with Gasteiger partial charge in [0, 0.05) is 34.5 Å². The maximum Gasteiger partial charge on any atom is 0.175 e. The van der Waals surface area contributed by atoms with Crippen LogP contribution in [-0.4, -0.2) is 44.0 Å². The third kappa shape index (κ3) is 10.3. The highest BCUT2D eigenvalue weighted by Gasteiger charge is 2.27. The third-order valence-corrected chi connectivity index (χ3v) is 10.5. The van der Waals surface area contributed by atoms with Crippen molar-refractivity contribution in [1.82, 2.24) is 19.1 Å². The number of rotatable bonds is 8. The van der Waals surface area contributed by atoms with Gasteiger partial charge < -0.3 is 10.2 Å². The lowest BCUT2D eigenvalue weighted by Crippen LogP contribution is -2.15. The summed E-state index contributed by atoms with van der Waals surface area (Å²) in [6.45, 7) is 6.23. The van der Waals surface area contributed by atoms with Crippen LogP contribution >= 0.6 is 15.9 Å². The first-order chi connectivity index (χ1) is 26.7. The van der Waals surface area contributed by atoms with E-state index < -0.39 is 44.3 Å². The van der Waals surface area contributed by atoms with Gasteiger partial charge in [-0.2, -0.15) is 0 Å². The quantitative estimate of drug-likeness (QED) is 0.147. The highest BCUT2D eigenvalue weighted by Crippen LogP contribution is 2.34. The molecule has 0 saturated carbocycles. The summed E-state index contributed by atoms with van der Waals surface area (Å²) in [6.07, 6.45) is 4.28. The number of nitrogens with zero attached hydrogens (tertiary/aromatic N) is 4. The fourth-order valence-corrected chi connectivity index (χ4v) is 6.77. The third-order valence-electron chi connectivity index (χ3n) is 8.88. The van der Waals surface area contributed by atoms with Gasteiger partial charge in [0.1, 0.15) is 34.5 Å². The van der Waals surface area contributed by atoms with Crippen molar-refractivity contribution in [3.05, 3.63) is 161 Å². The van der Waals surface area contributed by atoms with Crippen molar-refractivity contribution in [1.29, 1.82) is 0 Å². The van der Waals surface area contributed by atoms with Crippen molar-refractivity contribution in [2.24, 2.45) is 0 Å². The summed E-state index contributed by atoms with van der Waals surface area (Å²) in [6, 6.07) is 28.1. The molecule has 0 radical (unpaired) electrons. The number of benzene rings is 5. The molecule has 7 rings (SSSR count). The molecule has 0 aliphatic rings. The van der Waals surface area contributed by atoms with Crippen molar-refractivity contribution in [2.45, 2.75) is 58.6 Å². The maximum absolute atomic E-state index is 14.6. The summed E-state index contributed by atoms with van der Waals surface area (Å²) in [5.74, 6) is -2.82. The summed E-state index contributed by atoms with van der Waals surface area (Å²) in [5.41, 5.74) is 0.225. The molecule has 0 bridgehead atoms. The lowest BCUT2D eigenvalue weighted by atomic mass is 10.1. The van der Waals surface area contributed by atoms with Gasteiger partial charge in [-0.05, 0) is 112 Å². The van der Waals surface area contributed by atoms with Gasteiger partial charge >= 0.3 is 0 Å². The molecular weight excluding hydrogens is 848 g/mol. The Hall–Kier alpha value is -5.41. The standard InChI is InChI=1S/C25H22F2N2O3S.C18H15BrF2N2O.2CH4/c1-25(2,30)22-15-29(24(28-22)23-20(26)8-5-9-21(23)27)18-12-10-16(11-13-18)17-6-4-7-19(14-17)33(3,31)32;1-18(2,24)15-10-23(12-8-6-11(19)7-9-12)17(22-15)16-13(20)4-3-5-14(16)21;;/h4-15,30H,1-3H3;3-10,24H,1-2H3;2*1H4. The number of aliphatic hydroxyl groups is 2. The molecule has 0 spiro atoms. The van der Waals surface area contributed by atoms with E-state index in [0.29, 0.717) is 22.6 Å². The van der Waals surface area contributed by atoms with Gasteiger partial charge in [0.05, 0.1) is 27.4 Å². The Morgan fingerprint density at radius 1 is 0.576 bits per heavy atom. The lowest BCUT2D eigenvalue weighted by molar-refractivity contribution is 0.0738. The van der Waals surface area contributed by atoms with E-state index in [-0.39, 0.29) is 48.2 Å². The van der Waals surface area contributed by atoms with E-state index >= 15 is 0 Å². The molecule has 14 heteroatoms. The molecule has 0 saturated heterocycles. The largest absolute Gasteiger partial charge is 0.384 e.